The number of benzene rings is 1. The first-order chi connectivity index (χ1) is 15.3. The van der Waals surface area contributed by atoms with Crippen LogP contribution in [0, 0.1) is 40.4 Å². The molecule has 4 aliphatic rings. The van der Waals surface area contributed by atoms with Crippen molar-refractivity contribution < 1.29 is 14.7 Å². The van der Waals surface area contributed by atoms with E-state index in [0.717, 1.165) is 25.7 Å². The number of carbonyl (C=O) groups is 2. The van der Waals surface area contributed by atoms with E-state index in [2.05, 4.69) is 31.2 Å². The van der Waals surface area contributed by atoms with Crippen molar-refractivity contribution in [1.82, 2.24) is 0 Å². The maximum atomic E-state index is 12.1. The Morgan fingerprint density at radius 2 is 1.94 bits per heavy atom. The number of Topliss-reactive ketones (excluding diaryl/α,β-unsaturated/α-hetero) is 1. The first-order valence-electron chi connectivity index (χ1n) is 11.9. The van der Waals surface area contributed by atoms with Gasteiger partial charge in [-0.05, 0) is 73.8 Å². The Balaban J connectivity index is 1.60. The molecule has 0 radical (unpaired) electrons. The SMILES string of the molecule is CC(=O)c1ccc([C@H]2C[C@@]3(C)[C@@H](C=C[C@@]3(O)CC#N)[C@@H]3CCC4=CC(=O)CC[C@@H]4[C@H]32)cc1. The molecule has 5 rings (SSSR count). The number of fused-ring (bicyclic) bond motifs is 5. The van der Waals surface area contributed by atoms with Crippen LogP contribution >= 0.6 is 0 Å². The number of hydrogen-bond donors (Lipinski definition) is 1. The number of ketones is 2. The summed E-state index contributed by atoms with van der Waals surface area (Å²) < 4.78 is 0. The second kappa shape index (κ2) is 7.52. The summed E-state index contributed by atoms with van der Waals surface area (Å²) in [5.74, 6) is 1.96. The second-order valence-corrected chi connectivity index (χ2v) is 10.7. The summed E-state index contributed by atoms with van der Waals surface area (Å²) in [6, 6.07) is 10.2. The van der Waals surface area contributed by atoms with Crippen LogP contribution in [0.2, 0.25) is 0 Å². The molecule has 0 amide bonds. The van der Waals surface area contributed by atoms with Gasteiger partial charge in [0, 0.05) is 17.4 Å². The molecule has 1 N–H and O–H groups in total. The molecule has 4 nitrogen and oxygen atoms in total. The second-order valence-electron chi connectivity index (χ2n) is 10.7. The van der Waals surface area contributed by atoms with Crippen molar-refractivity contribution in [1.29, 1.82) is 5.26 Å². The highest BCUT2D eigenvalue weighted by Gasteiger charge is 2.62. The molecule has 32 heavy (non-hydrogen) atoms. The third-order valence-corrected chi connectivity index (χ3v) is 9.22. The zero-order valence-electron chi connectivity index (χ0n) is 18.9. The minimum Gasteiger partial charge on any atom is -0.384 e. The molecule has 0 unspecified atom stereocenters. The zero-order valence-corrected chi connectivity index (χ0v) is 18.9. The quantitative estimate of drug-likeness (QED) is 0.533. The van der Waals surface area contributed by atoms with Crippen LogP contribution in [0.4, 0.5) is 0 Å². The molecule has 2 saturated carbocycles. The third kappa shape index (κ3) is 3.05. The van der Waals surface area contributed by atoms with Gasteiger partial charge in [0.2, 0.25) is 0 Å². The van der Waals surface area contributed by atoms with Gasteiger partial charge in [-0.1, -0.05) is 48.9 Å². The van der Waals surface area contributed by atoms with Gasteiger partial charge in [0.15, 0.2) is 11.6 Å². The standard InChI is InChI=1S/C28H31NO3/c1-17(30)18-3-5-19(6-4-18)24-16-27(2)25(11-12-28(27,32)13-14-29)23-9-7-20-15-21(31)8-10-22(20)26(23)24/h3-6,11-12,15,22-26,32H,7-10,13,16H2,1-2H3/t22-,23-,24+,25-,26+,27-,28+/m0/s1. The molecule has 1 aromatic rings. The molecular formula is C28H31NO3. The lowest BCUT2D eigenvalue weighted by Gasteiger charge is -2.58. The van der Waals surface area contributed by atoms with Crippen molar-refractivity contribution in [3.63, 3.8) is 0 Å². The van der Waals surface area contributed by atoms with E-state index in [-0.39, 0.29) is 29.8 Å². The average Bonchev–Trinajstić information content (AvgIpc) is 3.03. The minimum atomic E-state index is -1.12. The number of hydrogen-bond acceptors (Lipinski definition) is 4. The fourth-order valence-electron chi connectivity index (χ4n) is 7.55. The monoisotopic (exact) mass is 429 g/mol. The van der Waals surface area contributed by atoms with Crippen LogP contribution in [0.1, 0.15) is 74.2 Å². The largest absolute Gasteiger partial charge is 0.384 e. The van der Waals surface area contributed by atoms with Gasteiger partial charge in [0.1, 0.15) is 5.60 Å². The Hall–Kier alpha value is -2.51. The maximum Gasteiger partial charge on any atom is 0.159 e. The van der Waals surface area contributed by atoms with Gasteiger partial charge in [0.25, 0.3) is 0 Å². The molecule has 0 heterocycles. The normalized spacial score (nSPS) is 40.0. The molecule has 0 saturated heterocycles. The van der Waals surface area contributed by atoms with E-state index in [1.807, 2.05) is 24.3 Å². The number of nitrogens with zero attached hydrogens (tertiary/aromatic N) is 1. The highest BCUT2D eigenvalue weighted by molar-refractivity contribution is 5.94. The molecule has 2 fully saturated rings. The van der Waals surface area contributed by atoms with E-state index in [9.17, 15) is 20.0 Å². The summed E-state index contributed by atoms with van der Waals surface area (Å²) >= 11 is 0. The summed E-state index contributed by atoms with van der Waals surface area (Å²) in [5, 5.41) is 21.0. The molecule has 0 bridgehead atoms. The summed E-state index contributed by atoms with van der Waals surface area (Å²) in [6.45, 7) is 3.75. The smallest absolute Gasteiger partial charge is 0.159 e. The van der Waals surface area contributed by atoms with Crippen LogP contribution in [-0.4, -0.2) is 22.3 Å². The van der Waals surface area contributed by atoms with Gasteiger partial charge in [-0.2, -0.15) is 5.26 Å². The lowest BCUT2D eigenvalue weighted by atomic mass is 9.46. The van der Waals surface area contributed by atoms with Crippen molar-refractivity contribution in [3.05, 3.63) is 59.2 Å². The van der Waals surface area contributed by atoms with Gasteiger partial charge in [-0.3, -0.25) is 9.59 Å². The van der Waals surface area contributed by atoms with Crippen molar-refractivity contribution in [2.24, 2.45) is 29.1 Å². The lowest BCUT2D eigenvalue weighted by Crippen LogP contribution is -2.55. The fourth-order valence-corrected chi connectivity index (χ4v) is 7.55. The lowest BCUT2D eigenvalue weighted by molar-refractivity contribution is -0.118. The van der Waals surface area contributed by atoms with Crippen LogP contribution in [0.3, 0.4) is 0 Å². The van der Waals surface area contributed by atoms with Gasteiger partial charge in [-0.25, -0.2) is 0 Å². The number of aliphatic hydroxyl groups is 1. The molecule has 0 aliphatic heterocycles. The predicted octanol–water partition coefficient (Wildman–Crippen LogP) is 5.15. The fraction of sp³-hybridized carbons (Fsp3) is 0.536. The summed E-state index contributed by atoms with van der Waals surface area (Å²) in [6.07, 6.45) is 10.4. The molecule has 1 aromatic carbocycles. The number of rotatable bonds is 3. The molecule has 0 aromatic heterocycles. The highest BCUT2D eigenvalue weighted by Crippen LogP contribution is 2.66. The van der Waals surface area contributed by atoms with Crippen molar-refractivity contribution in [3.8, 4) is 6.07 Å². The molecular weight excluding hydrogens is 398 g/mol. The summed E-state index contributed by atoms with van der Waals surface area (Å²) in [7, 11) is 0. The molecule has 166 valence electrons. The third-order valence-electron chi connectivity index (χ3n) is 9.22. The van der Waals surface area contributed by atoms with Crippen molar-refractivity contribution in [2.45, 2.75) is 63.9 Å². The Morgan fingerprint density at radius 3 is 2.62 bits per heavy atom. The van der Waals surface area contributed by atoms with E-state index < -0.39 is 11.0 Å². The van der Waals surface area contributed by atoms with Crippen LogP contribution in [0.15, 0.2) is 48.1 Å². The highest BCUT2D eigenvalue weighted by atomic mass is 16.3. The van der Waals surface area contributed by atoms with Crippen molar-refractivity contribution in [2.75, 3.05) is 0 Å². The van der Waals surface area contributed by atoms with Gasteiger partial charge >= 0.3 is 0 Å². The molecule has 4 heteroatoms. The molecule has 0 spiro atoms. The van der Waals surface area contributed by atoms with Crippen molar-refractivity contribution >= 4 is 11.6 Å². The number of nitriles is 1. The minimum absolute atomic E-state index is 0.0576. The topological polar surface area (TPSA) is 78.2 Å². The van der Waals surface area contributed by atoms with Gasteiger partial charge < -0.3 is 5.11 Å². The predicted molar refractivity (Wildman–Crippen MR) is 122 cm³/mol. The Bertz CT molecular complexity index is 1060. The van der Waals surface area contributed by atoms with E-state index in [1.165, 1.54) is 11.1 Å². The Morgan fingerprint density at radius 1 is 1.19 bits per heavy atom. The average molecular weight is 430 g/mol. The Kier molecular flexibility index (Phi) is 5.02. The van der Waals surface area contributed by atoms with Gasteiger partial charge in [-0.15, -0.1) is 0 Å². The van der Waals surface area contributed by atoms with Gasteiger partial charge in [0.05, 0.1) is 12.5 Å². The van der Waals surface area contributed by atoms with E-state index in [0.29, 0.717) is 29.7 Å². The number of carbonyl (C=O) groups excluding carboxylic acids is 2. The van der Waals surface area contributed by atoms with Crippen LogP contribution in [-0.2, 0) is 4.79 Å². The first-order valence-corrected chi connectivity index (χ1v) is 11.9. The van der Waals surface area contributed by atoms with Crippen LogP contribution in [0.25, 0.3) is 0 Å². The van der Waals surface area contributed by atoms with Crippen LogP contribution in [0.5, 0.6) is 0 Å². The Labute approximate surface area is 190 Å². The zero-order chi connectivity index (χ0) is 22.7. The van der Waals surface area contributed by atoms with E-state index in [4.69, 9.17) is 0 Å². The van der Waals surface area contributed by atoms with Crippen LogP contribution < -0.4 is 0 Å². The first kappa shape index (κ1) is 21.3. The maximum absolute atomic E-state index is 12.1. The summed E-state index contributed by atoms with van der Waals surface area (Å²) in [5.41, 5.74) is 1.70. The number of allylic oxidation sites excluding steroid dienone is 3. The van der Waals surface area contributed by atoms with E-state index in [1.54, 1.807) is 6.92 Å². The molecule has 7 atom stereocenters. The molecule has 4 aliphatic carbocycles. The van der Waals surface area contributed by atoms with E-state index >= 15 is 0 Å². The summed E-state index contributed by atoms with van der Waals surface area (Å²) in [4.78, 5) is 24.0.